The van der Waals surface area contributed by atoms with E-state index in [0.717, 1.165) is 0 Å². The summed E-state index contributed by atoms with van der Waals surface area (Å²) in [4.78, 5) is 0. The van der Waals surface area contributed by atoms with Gasteiger partial charge < -0.3 is 2.85 Å². The van der Waals surface area contributed by atoms with E-state index in [1.165, 1.54) is 0 Å². The third-order valence-electron chi connectivity index (χ3n) is 0. The first-order chi connectivity index (χ1) is 0. The zero-order chi connectivity index (χ0) is 0. The maximum Gasteiger partial charge on any atom is 2.00 e. The summed E-state index contributed by atoms with van der Waals surface area (Å²) in [6.45, 7) is 0. The second-order valence-electron chi connectivity index (χ2n) is 0. The first-order valence-electron chi connectivity index (χ1n) is 0. The Bertz CT molecular complexity index is 13.5. The smallest absolute Gasteiger partial charge is 1.00 e. The molecule has 1 unspecified atom stereocenters. The van der Waals surface area contributed by atoms with Crippen molar-refractivity contribution in [1.29, 1.82) is 0 Å². The minimum absolute atomic E-state index is 0. The van der Waals surface area contributed by atoms with Crippen LogP contribution in [0.1, 0.15) is 2.85 Å². The van der Waals surface area contributed by atoms with Gasteiger partial charge in [0, 0.05) is 17.1 Å². The van der Waals surface area contributed by atoms with Gasteiger partial charge in [-0.2, -0.15) is 9.90 Å². The van der Waals surface area contributed by atoms with Crippen LogP contribution in [0.3, 0.4) is 0 Å². The van der Waals surface area contributed by atoms with Gasteiger partial charge in [0.2, 0.25) is 0 Å². The van der Waals surface area contributed by atoms with E-state index in [2.05, 4.69) is 0 Å². The van der Waals surface area contributed by atoms with Gasteiger partial charge in [0.25, 0.3) is 0 Å². The summed E-state index contributed by atoms with van der Waals surface area (Å²) in [5.74, 6) is 0. The SMILES string of the molecule is P.[AlH2].[Ba+2].[Fe].[H-].[H-]. The number of hydrogen-bond donors (Lipinski definition) is 0. The molecule has 1 atom stereocenters. The van der Waals surface area contributed by atoms with Crippen LogP contribution in [-0.4, -0.2) is 66.2 Å². The van der Waals surface area contributed by atoms with E-state index in [1.54, 1.807) is 0 Å². The third-order valence-corrected chi connectivity index (χ3v) is 0. The second kappa shape index (κ2) is 16.6. The molecular weight excluding hydrogens is 251 g/mol. The van der Waals surface area contributed by atoms with Crippen molar-refractivity contribution in [3.63, 3.8) is 0 Å². The molecule has 0 aliphatic heterocycles. The Morgan fingerprint density at radius 1 is 1.25 bits per heavy atom. The maximum absolute atomic E-state index is 0. The Morgan fingerprint density at radius 2 is 1.25 bits per heavy atom. The molecule has 0 aromatic rings. The molecular formula is H7AlBaFeP. The largest absolute Gasteiger partial charge is 2.00 e. The molecule has 0 bridgehead atoms. The number of hydrogen-bond acceptors (Lipinski definition) is 0. The van der Waals surface area contributed by atoms with Gasteiger partial charge in [0.1, 0.15) is 17.4 Å². The van der Waals surface area contributed by atoms with Crippen molar-refractivity contribution in [2.75, 3.05) is 0 Å². The molecule has 0 rings (SSSR count). The summed E-state index contributed by atoms with van der Waals surface area (Å²) in [6, 6.07) is 0. The molecule has 0 saturated carbocycles. The van der Waals surface area contributed by atoms with Gasteiger partial charge in [-0.1, -0.05) is 0 Å². The quantitative estimate of drug-likeness (QED) is 0.385. The van der Waals surface area contributed by atoms with Crippen LogP contribution in [0.15, 0.2) is 0 Å². The van der Waals surface area contributed by atoms with E-state index in [1.807, 2.05) is 0 Å². The Morgan fingerprint density at radius 3 is 1.25 bits per heavy atom. The molecule has 0 fully saturated rings. The molecule has 0 amide bonds. The first-order valence-corrected chi connectivity index (χ1v) is 0. The van der Waals surface area contributed by atoms with Crippen LogP contribution in [0.25, 0.3) is 0 Å². The van der Waals surface area contributed by atoms with Crippen molar-refractivity contribution in [2.24, 2.45) is 0 Å². The van der Waals surface area contributed by atoms with E-state index >= 15 is 0 Å². The fraction of sp³-hybridized carbons (Fsp3) is 0. The van der Waals surface area contributed by atoms with Crippen molar-refractivity contribution in [3.8, 4) is 0 Å². The van der Waals surface area contributed by atoms with Gasteiger partial charge in [0.05, 0.1) is 0 Å². The summed E-state index contributed by atoms with van der Waals surface area (Å²) >= 11 is 0. The van der Waals surface area contributed by atoms with Gasteiger partial charge in [-0.15, -0.1) is 0 Å². The van der Waals surface area contributed by atoms with Gasteiger partial charge >= 0.3 is 48.9 Å². The molecule has 4 heteroatoms. The molecule has 1 radical (unpaired) electrons. The monoisotopic (exact) mass is 259 g/mol. The van der Waals surface area contributed by atoms with Gasteiger partial charge in [-0.3, -0.25) is 0 Å². The molecule has 0 aliphatic carbocycles. The average molecular weight is 258 g/mol. The summed E-state index contributed by atoms with van der Waals surface area (Å²) in [5, 5.41) is 0. The van der Waals surface area contributed by atoms with Crippen molar-refractivity contribution in [2.45, 2.75) is 0 Å². The predicted octanol–water partition coefficient (Wildman–Crippen LogP) is -1.02. The van der Waals surface area contributed by atoms with Crippen molar-refractivity contribution >= 4 is 76.1 Å². The van der Waals surface area contributed by atoms with Crippen LogP contribution < -0.4 is 0 Å². The fourth-order valence-electron chi connectivity index (χ4n) is 0. The topological polar surface area (TPSA) is 0 Å². The zero-order valence-corrected chi connectivity index (χ0v) is 11.7. The van der Waals surface area contributed by atoms with Crippen molar-refractivity contribution in [1.82, 2.24) is 0 Å². The Balaban J connectivity index is 0. The minimum atomic E-state index is 0. The van der Waals surface area contributed by atoms with E-state index < -0.39 is 0 Å². The summed E-state index contributed by atoms with van der Waals surface area (Å²) < 4.78 is 0. The average Bonchev–Trinajstić information content (AvgIpc) is 0. The molecule has 0 aromatic carbocycles. The summed E-state index contributed by atoms with van der Waals surface area (Å²) in [6.07, 6.45) is 0. The minimum Gasteiger partial charge on any atom is -1.00 e. The van der Waals surface area contributed by atoms with Crippen LogP contribution >= 0.6 is 9.90 Å². The van der Waals surface area contributed by atoms with Crippen LogP contribution in [0.4, 0.5) is 0 Å². The molecule has 0 N–H and O–H groups in total. The normalized spacial score (nSPS) is 0. The van der Waals surface area contributed by atoms with Gasteiger partial charge in [-0.25, -0.2) is 0 Å². The van der Waals surface area contributed by atoms with E-state index in [-0.39, 0.29) is 96.1 Å². The summed E-state index contributed by atoms with van der Waals surface area (Å²) in [5.41, 5.74) is 0. The molecule has 0 heterocycles. The fourth-order valence-corrected chi connectivity index (χ4v) is 0. The van der Waals surface area contributed by atoms with E-state index in [0.29, 0.717) is 0 Å². The Labute approximate surface area is 94.1 Å². The standard InChI is InChI=1S/Al.Ba.Fe.H3P.4H/h;;;1H3;;;;/q;+2;;;;;2*-1. The number of rotatable bonds is 0. The Kier molecular flexibility index (Phi) is 115. The van der Waals surface area contributed by atoms with Crippen LogP contribution in [0, 0.1) is 0 Å². The van der Waals surface area contributed by atoms with Crippen LogP contribution in [0.5, 0.6) is 0 Å². The van der Waals surface area contributed by atoms with E-state index in [9.17, 15) is 0 Å². The summed E-state index contributed by atoms with van der Waals surface area (Å²) in [7, 11) is 0. The van der Waals surface area contributed by atoms with E-state index in [4.69, 9.17) is 0 Å². The first kappa shape index (κ1) is 27.7. The predicted molar refractivity (Wildman–Crippen MR) is 27.6 cm³/mol. The maximum atomic E-state index is 0. The molecule has 0 aliphatic rings. The molecule has 4 heavy (non-hydrogen) atoms. The van der Waals surface area contributed by atoms with Crippen LogP contribution in [0.2, 0.25) is 0 Å². The second-order valence-corrected chi connectivity index (χ2v) is 0. The van der Waals surface area contributed by atoms with Crippen molar-refractivity contribution < 1.29 is 19.9 Å². The van der Waals surface area contributed by atoms with Crippen molar-refractivity contribution in [3.05, 3.63) is 0 Å². The molecule has 0 aromatic heterocycles. The zero-order valence-electron chi connectivity index (χ0n) is 4.77. The third kappa shape index (κ3) is 8.91. The molecule has 25 valence electrons. The van der Waals surface area contributed by atoms with Gasteiger partial charge in [0.15, 0.2) is 0 Å². The molecule has 0 spiro atoms. The molecule has 0 saturated heterocycles. The van der Waals surface area contributed by atoms with Crippen LogP contribution in [-0.2, 0) is 17.1 Å². The Hall–Kier alpha value is 3.05. The van der Waals surface area contributed by atoms with Gasteiger partial charge in [-0.05, 0) is 0 Å². The molecule has 0 nitrogen and oxygen atoms in total.